The molecule has 1 amide bonds. The molecule has 3 heteroatoms. The quantitative estimate of drug-likeness (QED) is 0.720. The standard InChI is InChI=1S/C11H13NO2/c1-9(14)12-11(8-13)7-10-5-3-2-4-6-10/h2-6,8,11H,7H2,1H3,(H,12,14)/t11-/m1/s1. The Morgan fingerprint density at radius 2 is 2.07 bits per heavy atom. The fourth-order valence-corrected chi connectivity index (χ4v) is 1.26. The van der Waals surface area contributed by atoms with E-state index < -0.39 is 6.04 Å². The van der Waals surface area contributed by atoms with Crippen LogP contribution in [0.2, 0.25) is 0 Å². The van der Waals surface area contributed by atoms with Gasteiger partial charge in [-0.3, -0.25) is 4.79 Å². The van der Waals surface area contributed by atoms with E-state index in [0.717, 1.165) is 11.8 Å². The number of carbonyl (C=O) groups is 2. The van der Waals surface area contributed by atoms with Crippen molar-refractivity contribution in [3.05, 3.63) is 35.9 Å². The van der Waals surface area contributed by atoms with Gasteiger partial charge in [-0.2, -0.15) is 0 Å². The van der Waals surface area contributed by atoms with Crippen LogP contribution in [0.3, 0.4) is 0 Å². The topological polar surface area (TPSA) is 46.2 Å². The Morgan fingerprint density at radius 1 is 1.43 bits per heavy atom. The van der Waals surface area contributed by atoms with Gasteiger partial charge in [-0.1, -0.05) is 30.3 Å². The third-order valence-electron chi connectivity index (χ3n) is 1.85. The van der Waals surface area contributed by atoms with Crippen LogP contribution in [0.4, 0.5) is 0 Å². The van der Waals surface area contributed by atoms with E-state index >= 15 is 0 Å². The van der Waals surface area contributed by atoms with Crippen LogP contribution in [0.15, 0.2) is 30.3 Å². The van der Waals surface area contributed by atoms with Crippen LogP contribution in [0.5, 0.6) is 0 Å². The highest BCUT2D eigenvalue weighted by atomic mass is 16.2. The molecule has 0 aromatic heterocycles. The zero-order valence-electron chi connectivity index (χ0n) is 8.07. The second-order valence-electron chi connectivity index (χ2n) is 3.13. The van der Waals surface area contributed by atoms with Crippen LogP contribution in [0.1, 0.15) is 12.5 Å². The fourth-order valence-electron chi connectivity index (χ4n) is 1.26. The third kappa shape index (κ3) is 3.39. The van der Waals surface area contributed by atoms with Gasteiger partial charge in [0, 0.05) is 6.92 Å². The highest BCUT2D eigenvalue weighted by Crippen LogP contribution is 2.01. The summed E-state index contributed by atoms with van der Waals surface area (Å²) in [4.78, 5) is 21.4. The summed E-state index contributed by atoms with van der Waals surface area (Å²) >= 11 is 0. The number of amides is 1. The summed E-state index contributed by atoms with van der Waals surface area (Å²) in [6, 6.07) is 9.17. The van der Waals surface area contributed by atoms with Gasteiger partial charge in [0.1, 0.15) is 6.29 Å². The molecular weight excluding hydrogens is 178 g/mol. The van der Waals surface area contributed by atoms with Crippen molar-refractivity contribution in [3.8, 4) is 0 Å². The van der Waals surface area contributed by atoms with Gasteiger partial charge < -0.3 is 10.1 Å². The normalized spacial score (nSPS) is 11.8. The van der Waals surface area contributed by atoms with Crippen LogP contribution in [0, 0.1) is 0 Å². The molecule has 0 saturated heterocycles. The monoisotopic (exact) mass is 191 g/mol. The average Bonchev–Trinajstić information content (AvgIpc) is 2.17. The Kier molecular flexibility index (Phi) is 3.85. The summed E-state index contributed by atoms with van der Waals surface area (Å²) in [5.74, 6) is -0.182. The number of hydrogen-bond acceptors (Lipinski definition) is 2. The predicted molar refractivity (Wildman–Crippen MR) is 53.8 cm³/mol. The minimum Gasteiger partial charge on any atom is -0.346 e. The van der Waals surface area contributed by atoms with Gasteiger partial charge in [-0.25, -0.2) is 0 Å². The lowest BCUT2D eigenvalue weighted by atomic mass is 10.1. The first kappa shape index (κ1) is 10.4. The van der Waals surface area contributed by atoms with Gasteiger partial charge in [0.25, 0.3) is 0 Å². The van der Waals surface area contributed by atoms with Gasteiger partial charge in [0.15, 0.2) is 0 Å². The fraction of sp³-hybridized carbons (Fsp3) is 0.273. The first-order valence-corrected chi connectivity index (χ1v) is 4.48. The summed E-state index contributed by atoms with van der Waals surface area (Å²) in [5.41, 5.74) is 1.04. The molecule has 0 bridgehead atoms. The first-order valence-electron chi connectivity index (χ1n) is 4.48. The van der Waals surface area contributed by atoms with Gasteiger partial charge in [0.2, 0.25) is 5.91 Å². The zero-order chi connectivity index (χ0) is 10.4. The summed E-state index contributed by atoms with van der Waals surface area (Å²) in [5, 5.41) is 2.57. The van der Waals surface area contributed by atoms with Crippen molar-refractivity contribution < 1.29 is 9.59 Å². The molecule has 1 aromatic rings. The molecule has 3 nitrogen and oxygen atoms in total. The van der Waals surface area contributed by atoms with E-state index in [2.05, 4.69) is 5.32 Å². The molecule has 0 spiro atoms. The number of nitrogens with one attached hydrogen (secondary N) is 1. The van der Waals surface area contributed by atoms with E-state index in [-0.39, 0.29) is 5.91 Å². The molecule has 0 saturated carbocycles. The summed E-state index contributed by atoms with van der Waals surface area (Å²) < 4.78 is 0. The molecule has 1 aromatic carbocycles. The molecule has 0 aliphatic heterocycles. The van der Waals surface area contributed by atoms with E-state index in [1.165, 1.54) is 6.92 Å². The van der Waals surface area contributed by atoms with Crippen molar-refractivity contribution in [2.24, 2.45) is 0 Å². The largest absolute Gasteiger partial charge is 0.346 e. The second kappa shape index (κ2) is 5.17. The molecule has 1 rings (SSSR count). The second-order valence-corrected chi connectivity index (χ2v) is 3.13. The maximum Gasteiger partial charge on any atom is 0.217 e. The number of rotatable bonds is 4. The molecule has 0 unspecified atom stereocenters. The van der Waals surface area contributed by atoms with E-state index in [9.17, 15) is 9.59 Å². The van der Waals surface area contributed by atoms with Crippen molar-refractivity contribution in [2.45, 2.75) is 19.4 Å². The Morgan fingerprint density at radius 3 is 2.57 bits per heavy atom. The van der Waals surface area contributed by atoms with Gasteiger partial charge in [-0.05, 0) is 12.0 Å². The lowest BCUT2D eigenvalue weighted by molar-refractivity contribution is -0.122. The molecule has 1 N–H and O–H groups in total. The van der Waals surface area contributed by atoms with Crippen molar-refractivity contribution in [1.82, 2.24) is 5.32 Å². The summed E-state index contributed by atoms with van der Waals surface area (Å²) in [6.45, 7) is 1.40. The molecule has 0 radical (unpaired) electrons. The van der Waals surface area contributed by atoms with Crippen LogP contribution >= 0.6 is 0 Å². The van der Waals surface area contributed by atoms with E-state index in [1.54, 1.807) is 0 Å². The highest BCUT2D eigenvalue weighted by molar-refractivity contribution is 5.77. The van der Waals surface area contributed by atoms with Crippen molar-refractivity contribution in [1.29, 1.82) is 0 Å². The molecule has 74 valence electrons. The summed E-state index contributed by atoms with van der Waals surface area (Å²) in [7, 11) is 0. The van der Waals surface area contributed by atoms with E-state index in [0.29, 0.717) is 6.42 Å². The number of aldehydes is 1. The van der Waals surface area contributed by atoms with Gasteiger partial charge in [-0.15, -0.1) is 0 Å². The Hall–Kier alpha value is -1.64. The lowest BCUT2D eigenvalue weighted by Gasteiger charge is -2.10. The van der Waals surface area contributed by atoms with Crippen LogP contribution < -0.4 is 5.32 Å². The van der Waals surface area contributed by atoms with Crippen molar-refractivity contribution in [2.75, 3.05) is 0 Å². The first-order chi connectivity index (χ1) is 6.72. The summed E-state index contributed by atoms with van der Waals surface area (Å²) in [6.07, 6.45) is 1.30. The molecule has 0 aliphatic carbocycles. The Bertz CT molecular complexity index is 308. The maximum absolute atomic E-state index is 10.7. The number of carbonyl (C=O) groups excluding carboxylic acids is 2. The maximum atomic E-state index is 10.7. The van der Waals surface area contributed by atoms with Crippen LogP contribution in [-0.2, 0) is 16.0 Å². The SMILES string of the molecule is CC(=O)N[C@@H](C=O)Cc1ccccc1. The number of hydrogen-bond donors (Lipinski definition) is 1. The Labute approximate surface area is 83.1 Å². The lowest BCUT2D eigenvalue weighted by Crippen LogP contribution is -2.35. The minimum absolute atomic E-state index is 0.182. The molecule has 0 fully saturated rings. The highest BCUT2D eigenvalue weighted by Gasteiger charge is 2.08. The van der Waals surface area contributed by atoms with E-state index in [4.69, 9.17) is 0 Å². The molecular formula is C11H13NO2. The molecule has 14 heavy (non-hydrogen) atoms. The Balaban J connectivity index is 2.57. The van der Waals surface area contributed by atoms with Crippen LogP contribution in [-0.4, -0.2) is 18.2 Å². The van der Waals surface area contributed by atoms with Gasteiger partial charge in [0.05, 0.1) is 6.04 Å². The zero-order valence-corrected chi connectivity index (χ0v) is 8.07. The third-order valence-corrected chi connectivity index (χ3v) is 1.85. The van der Waals surface area contributed by atoms with Crippen LogP contribution in [0.25, 0.3) is 0 Å². The van der Waals surface area contributed by atoms with Crippen molar-refractivity contribution >= 4 is 12.2 Å². The minimum atomic E-state index is -0.421. The van der Waals surface area contributed by atoms with Gasteiger partial charge >= 0.3 is 0 Å². The van der Waals surface area contributed by atoms with Crippen molar-refractivity contribution in [3.63, 3.8) is 0 Å². The predicted octanol–water partition coefficient (Wildman–Crippen LogP) is 0.933. The smallest absolute Gasteiger partial charge is 0.217 e. The average molecular weight is 191 g/mol. The van der Waals surface area contributed by atoms with E-state index in [1.807, 2.05) is 30.3 Å². The number of benzene rings is 1. The molecule has 0 heterocycles. The molecule has 0 aliphatic rings. The molecule has 1 atom stereocenters.